The van der Waals surface area contributed by atoms with Gasteiger partial charge in [-0.25, -0.2) is 4.98 Å². The maximum absolute atomic E-state index is 11.9. The number of anilines is 1. The molecule has 0 saturated carbocycles. The molecule has 1 amide bonds. The van der Waals surface area contributed by atoms with E-state index >= 15 is 0 Å². The number of nitrogens with zero attached hydrogens (tertiary/aromatic N) is 3. The van der Waals surface area contributed by atoms with Crippen LogP contribution < -0.4 is 10.2 Å². The van der Waals surface area contributed by atoms with Gasteiger partial charge in [-0.05, 0) is 47.9 Å². The van der Waals surface area contributed by atoms with Gasteiger partial charge in [0.25, 0.3) is 5.91 Å². The van der Waals surface area contributed by atoms with Crippen molar-refractivity contribution < 1.29 is 9.90 Å². The molecule has 0 radical (unpaired) electrons. The predicted octanol–water partition coefficient (Wildman–Crippen LogP) is 1.97. The average molecular weight is 375 g/mol. The second kappa shape index (κ2) is 9.12. The van der Waals surface area contributed by atoms with Crippen LogP contribution in [0, 0.1) is 0 Å². The third-order valence-corrected chi connectivity index (χ3v) is 5.44. The molecule has 2 aromatic rings. The predicted molar refractivity (Wildman–Crippen MR) is 105 cm³/mol. The number of rotatable bonds is 7. The minimum absolute atomic E-state index is 0.0923. The molecule has 1 fully saturated rings. The Kier molecular flexibility index (Phi) is 6.60. The molecule has 0 aliphatic carbocycles. The number of hydrogen-bond acceptors (Lipinski definition) is 6. The van der Waals surface area contributed by atoms with E-state index in [4.69, 9.17) is 0 Å². The zero-order chi connectivity index (χ0) is 18.4. The first-order valence-corrected chi connectivity index (χ1v) is 10.0. The van der Waals surface area contributed by atoms with E-state index in [1.165, 1.54) is 5.56 Å². The molecule has 26 heavy (non-hydrogen) atoms. The Balaban J connectivity index is 1.65. The van der Waals surface area contributed by atoms with Crippen LogP contribution in [0.25, 0.3) is 0 Å². The van der Waals surface area contributed by atoms with Crippen LogP contribution in [0.3, 0.4) is 0 Å². The molecule has 0 spiro atoms. The van der Waals surface area contributed by atoms with Crippen LogP contribution in [0.4, 0.5) is 5.82 Å². The van der Waals surface area contributed by atoms with Crippen molar-refractivity contribution in [1.29, 1.82) is 0 Å². The molecular weight excluding hydrogens is 348 g/mol. The number of aromatic nitrogens is 1. The number of aliphatic hydroxyl groups excluding tert-OH is 1. The standard InChI is InChI=1S/C19H26N4O2S/c1-2-20-19(25)16-3-4-18(21-11-16)23-8-7-22(17(13-23)5-9-24)12-15-6-10-26-14-15/h3-4,6,10-11,14,17,24H,2,5,7-9,12-13H2,1H3,(H,20,25)/t17-/m1/s1. The van der Waals surface area contributed by atoms with E-state index in [-0.39, 0.29) is 12.5 Å². The molecule has 140 valence electrons. The van der Waals surface area contributed by atoms with Gasteiger partial charge >= 0.3 is 0 Å². The Morgan fingerprint density at radius 1 is 1.38 bits per heavy atom. The minimum atomic E-state index is -0.0923. The summed E-state index contributed by atoms with van der Waals surface area (Å²) in [6, 6.07) is 6.19. The van der Waals surface area contributed by atoms with E-state index in [2.05, 4.69) is 36.9 Å². The third kappa shape index (κ3) is 4.60. The largest absolute Gasteiger partial charge is 0.396 e. The fourth-order valence-corrected chi connectivity index (χ4v) is 3.98. The SMILES string of the molecule is CCNC(=O)c1ccc(N2CCN(Cc3ccsc3)[C@H](CCO)C2)nc1. The molecule has 1 atom stereocenters. The van der Waals surface area contributed by atoms with Crippen molar-refractivity contribution in [3.63, 3.8) is 0 Å². The van der Waals surface area contributed by atoms with Crippen molar-refractivity contribution >= 4 is 23.1 Å². The first-order valence-electron chi connectivity index (χ1n) is 9.06. The van der Waals surface area contributed by atoms with Gasteiger partial charge in [-0.2, -0.15) is 11.3 Å². The summed E-state index contributed by atoms with van der Waals surface area (Å²) in [5, 5.41) is 16.5. The zero-order valence-corrected chi connectivity index (χ0v) is 15.9. The topological polar surface area (TPSA) is 68.7 Å². The number of pyridine rings is 1. The molecule has 2 N–H and O–H groups in total. The number of nitrogens with one attached hydrogen (secondary N) is 1. The molecule has 6 nitrogen and oxygen atoms in total. The van der Waals surface area contributed by atoms with Crippen molar-refractivity contribution in [1.82, 2.24) is 15.2 Å². The Labute approximate surface area is 158 Å². The molecule has 3 heterocycles. The van der Waals surface area contributed by atoms with Crippen LogP contribution in [0.2, 0.25) is 0 Å². The molecular formula is C19H26N4O2S. The summed E-state index contributed by atoms with van der Waals surface area (Å²) >= 11 is 1.72. The van der Waals surface area contributed by atoms with Gasteiger partial charge in [-0.3, -0.25) is 9.69 Å². The molecule has 7 heteroatoms. The van der Waals surface area contributed by atoms with Crippen molar-refractivity contribution in [2.75, 3.05) is 37.7 Å². The molecule has 3 rings (SSSR count). The van der Waals surface area contributed by atoms with Gasteiger partial charge in [-0.1, -0.05) is 0 Å². The van der Waals surface area contributed by atoms with E-state index in [1.54, 1.807) is 17.5 Å². The van der Waals surface area contributed by atoms with Crippen LogP contribution in [0.5, 0.6) is 0 Å². The lowest BCUT2D eigenvalue weighted by molar-refractivity contribution is 0.0955. The number of thiophene rings is 1. The number of carbonyl (C=O) groups excluding carboxylic acids is 1. The van der Waals surface area contributed by atoms with E-state index in [0.29, 0.717) is 18.2 Å². The number of piperazine rings is 1. The van der Waals surface area contributed by atoms with E-state index in [0.717, 1.165) is 38.4 Å². The smallest absolute Gasteiger partial charge is 0.252 e. The quantitative estimate of drug-likeness (QED) is 0.775. The highest BCUT2D eigenvalue weighted by atomic mass is 32.1. The lowest BCUT2D eigenvalue weighted by Crippen LogP contribution is -2.53. The highest BCUT2D eigenvalue weighted by Crippen LogP contribution is 2.21. The van der Waals surface area contributed by atoms with Gasteiger partial charge in [0, 0.05) is 51.6 Å². The van der Waals surface area contributed by atoms with Crippen molar-refractivity contribution in [3.8, 4) is 0 Å². The summed E-state index contributed by atoms with van der Waals surface area (Å²) in [4.78, 5) is 21.0. The summed E-state index contributed by atoms with van der Waals surface area (Å²) in [7, 11) is 0. The summed E-state index contributed by atoms with van der Waals surface area (Å²) in [5.41, 5.74) is 1.91. The van der Waals surface area contributed by atoms with Crippen molar-refractivity contribution in [3.05, 3.63) is 46.3 Å². The Morgan fingerprint density at radius 3 is 2.92 bits per heavy atom. The molecule has 1 aliphatic rings. The average Bonchev–Trinajstić information content (AvgIpc) is 3.17. The molecule has 0 unspecified atom stereocenters. The second-order valence-electron chi connectivity index (χ2n) is 6.48. The Hall–Kier alpha value is -1.96. The Bertz CT molecular complexity index is 690. The highest BCUT2D eigenvalue weighted by molar-refractivity contribution is 7.07. The summed E-state index contributed by atoms with van der Waals surface area (Å²) < 4.78 is 0. The van der Waals surface area contributed by atoms with E-state index in [9.17, 15) is 9.90 Å². The molecule has 2 aromatic heterocycles. The highest BCUT2D eigenvalue weighted by Gasteiger charge is 2.27. The van der Waals surface area contributed by atoms with Gasteiger partial charge in [0.1, 0.15) is 5.82 Å². The first-order chi connectivity index (χ1) is 12.7. The molecule has 0 bridgehead atoms. The van der Waals surface area contributed by atoms with Gasteiger partial charge < -0.3 is 15.3 Å². The zero-order valence-electron chi connectivity index (χ0n) is 15.1. The van der Waals surface area contributed by atoms with Crippen LogP contribution in [-0.2, 0) is 6.54 Å². The van der Waals surface area contributed by atoms with E-state index in [1.807, 2.05) is 19.1 Å². The molecule has 0 aromatic carbocycles. The molecule has 1 aliphatic heterocycles. The van der Waals surface area contributed by atoms with Gasteiger partial charge in [0.2, 0.25) is 0 Å². The number of hydrogen-bond donors (Lipinski definition) is 2. The van der Waals surface area contributed by atoms with Crippen molar-refractivity contribution in [2.45, 2.75) is 25.9 Å². The van der Waals surface area contributed by atoms with Crippen molar-refractivity contribution in [2.24, 2.45) is 0 Å². The van der Waals surface area contributed by atoms with Crippen LogP contribution in [0.1, 0.15) is 29.3 Å². The minimum Gasteiger partial charge on any atom is -0.396 e. The first kappa shape index (κ1) is 18.8. The van der Waals surface area contributed by atoms with Gasteiger partial charge in [-0.15, -0.1) is 0 Å². The van der Waals surface area contributed by atoms with Crippen LogP contribution in [0.15, 0.2) is 35.2 Å². The normalized spacial score (nSPS) is 18.1. The fraction of sp³-hybridized carbons (Fsp3) is 0.474. The maximum atomic E-state index is 11.9. The summed E-state index contributed by atoms with van der Waals surface area (Å²) in [5.74, 6) is 0.793. The monoisotopic (exact) mass is 374 g/mol. The van der Waals surface area contributed by atoms with Crippen LogP contribution in [-0.4, -0.2) is 59.7 Å². The number of carbonyl (C=O) groups is 1. The fourth-order valence-electron chi connectivity index (χ4n) is 3.32. The Morgan fingerprint density at radius 2 is 2.27 bits per heavy atom. The lowest BCUT2D eigenvalue weighted by Gasteiger charge is -2.42. The van der Waals surface area contributed by atoms with Gasteiger partial charge in [0.05, 0.1) is 5.56 Å². The second-order valence-corrected chi connectivity index (χ2v) is 7.26. The van der Waals surface area contributed by atoms with E-state index < -0.39 is 0 Å². The third-order valence-electron chi connectivity index (χ3n) is 4.70. The summed E-state index contributed by atoms with van der Waals surface area (Å²) in [6.45, 7) is 6.26. The molecule has 1 saturated heterocycles. The number of aliphatic hydroxyl groups is 1. The maximum Gasteiger partial charge on any atom is 0.252 e. The lowest BCUT2D eigenvalue weighted by atomic mass is 10.1. The van der Waals surface area contributed by atoms with Gasteiger partial charge in [0.15, 0.2) is 0 Å². The number of amides is 1. The summed E-state index contributed by atoms with van der Waals surface area (Å²) in [6.07, 6.45) is 2.39. The van der Waals surface area contributed by atoms with Crippen LogP contribution >= 0.6 is 11.3 Å².